The average Bonchev–Trinajstić information content (AvgIpc) is 2.38. The Hall–Kier alpha value is -1.26. The molecular formula is C15H30N2O3. The molecule has 5 heteroatoms. The number of unbranched alkanes of at least 4 members (excludes halogenated alkanes) is 2. The molecule has 0 aliphatic rings. The van der Waals surface area contributed by atoms with Crippen molar-refractivity contribution >= 4 is 12.0 Å². The van der Waals surface area contributed by atoms with Crippen LogP contribution in [0.25, 0.3) is 0 Å². The van der Waals surface area contributed by atoms with E-state index < -0.39 is 5.97 Å². The minimum Gasteiger partial charge on any atom is -0.481 e. The lowest BCUT2D eigenvalue weighted by atomic mass is 10.2. The van der Waals surface area contributed by atoms with E-state index in [0.717, 1.165) is 38.8 Å². The van der Waals surface area contributed by atoms with Crippen LogP contribution in [-0.4, -0.2) is 52.6 Å². The van der Waals surface area contributed by atoms with Crippen LogP contribution in [0.15, 0.2) is 0 Å². The van der Waals surface area contributed by atoms with Crippen molar-refractivity contribution in [2.45, 2.75) is 65.8 Å². The van der Waals surface area contributed by atoms with E-state index in [1.807, 2.05) is 11.8 Å². The smallest absolute Gasteiger partial charge is 0.320 e. The van der Waals surface area contributed by atoms with Gasteiger partial charge in [0, 0.05) is 25.7 Å². The molecule has 2 amide bonds. The zero-order valence-electron chi connectivity index (χ0n) is 13.4. The second-order valence-corrected chi connectivity index (χ2v) is 5.21. The standard InChI is InChI=1S/C15H30N2O3/c1-5-8-10-16(11-9-6-2)15(20)17(7-3)13(4)12-14(18)19/h13H,5-12H2,1-4H3,(H,18,19). The Morgan fingerprint density at radius 2 is 1.55 bits per heavy atom. The van der Waals surface area contributed by atoms with E-state index in [-0.39, 0.29) is 18.5 Å². The van der Waals surface area contributed by atoms with Gasteiger partial charge < -0.3 is 14.9 Å². The molecule has 0 aliphatic carbocycles. The van der Waals surface area contributed by atoms with E-state index >= 15 is 0 Å². The van der Waals surface area contributed by atoms with E-state index in [1.165, 1.54) is 0 Å². The number of aliphatic carboxylic acids is 1. The maximum absolute atomic E-state index is 12.6. The van der Waals surface area contributed by atoms with Crippen LogP contribution in [0, 0.1) is 0 Å². The van der Waals surface area contributed by atoms with Crippen molar-refractivity contribution in [3.05, 3.63) is 0 Å². The van der Waals surface area contributed by atoms with E-state index in [4.69, 9.17) is 5.11 Å². The predicted molar refractivity (Wildman–Crippen MR) is 80.9 cm³/mol. The number of carbonyl (C=O) groups is 2. The lowest BCUT2D eigenvalue weighted by Crippen LogP contribution is -2.48. The van der Waals surface area contributed by atoms with E-state index in [9.17, 15) is 9.59 Å². The van der Waals surface area contributed by atoms with Crippen molar-refractivity contribution in [2.24, 2.45) is 0 Å². The summed E-state index contributed by atoms with van der Waals surface area (Å²) in [6, 6.07) is -0.293. The molecule has 0 aliphatic heterocycles. The summed E-state index contributed by atoms with van der Waals surface area (Å²) in [4.78, 5) is 26.9. The molecule has 0 fully saturated rings. The van der Waals surface area contributed by atoms with Gasteiger partial charge in [-0.3, -0.25) is 4.79 Å². The van der Waals surface area contributed by atoms with Crippen LogP contribution in [0.5, 0.6) is 0 Å². The Bertz CT molecular complexity index is 287. The zero-order valence-corrected chi connectivity index (χ0v) is 13.4. The molecule has 0 radical (unpaired) electrons. The summed E-state index contributed by atoms with van der Waals surface area (Å²) in [5, 5.41) is 8.88. The van der Waals surface area contributed by atoms with Crippen LogP contribution in [-0.2, 0) is 4.79 Å². The largest absolute Gasteiger partial charge is 0.481 e. The van der Waals surface area contributed by atoms with Gasteiger partial charge in [-0.25, -0.2) is 4.79 Å². The molecule has 0 rings (SSSR count). The highest BCUT2D eigenvalue weighted by Crippen LogP contribution is 2.10. The first kappa shape index (κ1) is 18.7. The molecule has 0 saturated carbocycles. The number of carbonyl (C=O) groups excluding carboxylic acids is 1. The lowest BCUT2D eigenvalue weighted by molar-refractivity contribution is -0.138. The third-order valence-electron chi connectivity index (χ3n) is 3.42. The molecule has 1 unspecified atom stereocenters. The minimum absolute atomic E-state index is 0.00498. The third-order valence-corrected chi connectivity index (χ3v) is 3.42. The van der Waals surface area contributed by atoms with Gasteiger partial charge in [0.2, 0.25) is 0 Å². The van der Waals surface area contributed by atoms with Crippen LogP contribution in [0.2, 0.25) is 0 Å². The summed E-state index contributed by atoms with van der Waals surface area (Å²) >= 11 is 0. The molecule has 1 atom stereocenters. The summed E-state index contributed by atoms with van der Waals surface area (Å²) in [5.41, 5.74) is 0. The van der Waals surface area contributed by atoms with Gasteiger partial charge in [-0.05, 0) is 26.7 Å². The van der Waals surface area contributed by atoms with Gasteiger partial charge >= 0.3 is 12.0 Å². The molecule has 20 heavy (non-hydrogen) atoms. The number of carboxylic acid groups (broad SMARTS) is 1. The highest BCUT2D eigenvalue weighted by molar-refractivity contribution is 5.76. The first-order chi connectivity index (χ1) is 9.47. The number of hydrogen-bond acceptors (Lipinski definition) is 2. The van der Waals surface area contributed by atoms with Gasteiger partial charge in [-0.1, -0.05) is 26.7 Å². The van der Waals surface area contributed by atoms with Gasteiger partial charge in [0.25, 0.3) is 0 Å². The summed E-state index contributed by atoms with van der Waals surface area (Å²) in [6.45, 7) is 9.96. The maximum Gasteiger partial charge on any atom is 0.320 e. The molecule has 0 aromatic rings. The molecule has 5 nitrogen and oxygen atoms in total. The molecule has 0 heterocycles. The molecule has 118 valence electrons. The summed E-state index contributed by atoms with van der Waals surface area (Å²) in [6.07, 6.45) is 4.06. The minimum atomic E-state index is -0.864. The summed E-state index contributed by atoms with van der Waals surface area (Å²) in [5.74, 6) is -0.864. The number of hydrogen-bond donors (Lipinski definition) is 1. The summed E-state index contributed by atoms with van der Waals surface area (Å²) in [7, 11) is 0. The maximum atomic E-state index is 12.6. The Kier molecular flexibility index (Phi) is 9.86. The van der Waals surface area contributed by atoms with Crippen molar-refractivity contribution in [1.82, 2.24) is 9.80 Å². The fraction of sp³-hybridized carbons (Fsp3) is 0.867. The lowest BCUT2D eigenvalue weighted by Gasteiger charge is -2.33. The quantitative estimate of drug-likeness (QED) is 0.671. The Morgan fingerprint density at radius 1 is 1.05 bits per heavy atom. The second kappa shape index (κ2) is 10.5. The number of nitrogens with zero attached hydrogens (tertiary/aromatic N) is 2. The first-order valence-electron chi connectivity index (χ1n) is 7.75. The van der Waals surface area contributed by atoms with Crippen molar-refractivity contribution in [2.75, 3.05) is 19.6 Å². The predicted octanol–water partition coefficient (Wildman–Crippen LogP) is 3.19. The topological polar surface area (TPSA) is 60.9 Å². The normalized spacial score (nSPS) is 12.0. The van der Waals surface area contributed by atoms with Crippen LogP contribution < -0.4 is 0 Å². The second-order valence-electron chi connectivity index (χ2n) is 5.21. The molecular weight excluding hydrogens is 256 g/mol. The highest BCUT2D eigenvalue weighted by atomic mass is 16.4. The number of carboxylic acids is 1. The Balaban J connectivity index is 4.73. The van der Waals surface area contributed by atoms with Crippen LogP contribution in [0.4, 0.5) is 4.79 Å². The van der Waals surface area contributed by atoms with Gasteiger partial charge in [-0.15, -0.1) is 0 Å². The first-order valence-corrected chi connectivity index (χ1v) is 7.75. The highest BCUT2D eigenvalue weighted by Gasteiger charge is 2.24. The van der Waals surface area contributed by atoms with Gasteiger partial charge in [0.1, 0.15) is 0 Å². The number of urea groups is 1. The van der Waals surface area contributed by atoms with Crippen molar-refractivity contribution in [1.29, 1.82) is 0 Å². The molecule has 0 bridgehead atoms. The van der Waals surface area contributed by atoms with Crippen LogP contribution in [0.3, 0.4) is 0 Å². The fourth-order valence-electron chi connectivity index (χ4n) is 2.18. The van der Waals surface area contributed by atoms with E-state index in [0.29, 0.717) is 6.54 Å². The molecule has 1 N–H and O–H groups in total. The molecule has 0 aromatic carbocycles. The van der Waals surface area contributed by atoms with E-state index in [2.05, 4.69) is 13.8 Å². The van der Waals surface area contributed by atoms with Gasteiger partial charge in [0.05, 0.1) is 6.42 Å². The van der Waals surface area contributed by atoms with Gasteiger partial charge in [0.15, 0.2) is 0 Å². The molecule has 0 spiro atoms. The average molecular weight is 286 g/mol. The summed E-state index contributed by atoms with van der Waals surface area (Å²) < 4.78 is 0. The van der Waals surface area contributed by atoms with Crippen molar-refractivity contribution < 1.29 is 14.7 Å². The molecule has 0 saturated heterocycles. The third kappa shape index (κ3) is 6.78. The zero-order chi connectivity index (χ0) is 15.5. The van der Waals surface area contributed by atoms with Crippen LogP contribution >= 0.6 is 0 Å². The Labute approximate surface area is 122 Å². The monoisotopic (exact) mass is 286 g/mol. The van der Waals surface area contributed by atoms with E-state index in [1.54, 1.807) is 11.8 Å². The molecule has 0 aromatic heterocycles. The Morgan fingerprint density at radius 3 is 1.90 bits per heavy atom. The SMILES string of the molecule is CCCCN(CCCC)C(=O)N(CC)C(C)CC(=O)O. The van der Waals surface area contributed by atoms with Crippen molar-refractivity contribution in [3.63, 3.8) is 0 Å². The van der Waals surface area contributed by atoms with Crippen LogP contribution in [0.1, 0.15) is 59.8 Å². The number of amides is 2. The van der Waals surface area contributed by atoms with Gasteiger partial charge in [-0.2, -0.15) is 0 Å². The fourth-order valence-corrected chi connectivity index (χ4v) is 2.18. The number of rotatable bonds is 10. The van der Waals surface area contributed by atoms with Crippen molar-refractivity contribution in [3.8, 4) is 0 Å².